The van der Waals surface area contributed by atoms with Crippen LogP contribution in [0.15, 0.2) is 34.5 Å². The average molecular weight is 274 g/mol. The van der Waals surface area contributed by atoms with E-state index in [9.17, 15) is 18.0 Å². The molecule has 0 saturated heterocycles. The summed E-state index contributed by atoms with van der Waals surface area (Å²) in [5.74, 6) is -0.240. The van der Waals surface area contributed by atoms with E-state index in [2.05, 4.69) is 22.9 Å². The summed E-state index contributed by atoms with van der Waals surface area (Å²) in [6, 6.07) is 5.11. The second-order valence-corrected chi connectivity index (χ2v) is 4.76. The van der Waals surface area contributed by atoms with Crippen molar-refractivity contribution in [1.82, 2.24) is 0 Å². The van der Waals surface area contributed by atoms with E-state index in [4.69, 9.17) is 0 Å². The normalized spacial score (nSPS) is 18.5. The minimum absolute atomic E-state index is 0.0848. The summed E-state index contributed by atoms with van der Waals surface area (Å²) in [4.78, 5) is 11.6. The van der Waals surface area contributed by atoms with Crippen LogP contribution in [0.25, 0.3) is 0 Å². The third-order valence-corrected chi connectivity index (χ3v) is 2.88. The van der Waals surface area contributed by atoms with Gasteiger partial charge in [-0.2, -0.15) is 25.8 Å². The van der Waals surface area contributed by atoms with Gasteiger partial charge in [-0.05, 0) is 6.92 Å². The fraction of sp³-hybridized carbons (Fsp3) is 0.364. The van der Waals surface area contributed by atoms with Gasteiger partial charge in [-0.3, -0.25) is 4.79 Å². The Hall–Kier alpha value is -1.37. The summed E-state index contributed by atoms with van der Waals surface area (Å²) >= 11 is 3.98. The van der Waals surface area contributed by atoms with E-state index in [-0.39, 0.29) is 11.3 Å². The third kappa shape index (κ3) is 2.03. The highest BCUT2D eigenvalue weighted by Gasteiger charge is 2.65. The van der Waals surface area contributed by atoms with Crippen molar-refractivity contribution in [2.24, 2.45) is 10.2 Å². The van der Waals surface area contributed by atoms with E-state index in [0.29, 0.717) is 5.56 Å². The number of carbonyl (C=O) groups excluding carboxylic acids is 1. The molecule has 1 unspecified atom stereocenters. The van der Waals surface area contributed by atoms with Crippen molar-refractivity contribution in [2.45, 2.75) is 24.0 Å². The first-order chi connectivity index (χ1) is 8.28. The molecule has 0 bridgehead atoms. The molecule has 18 heavy (non-hydrogen) atoms. The van der Waals surface area contributed by atoms with Gasteiger partial charge in [0.05, 0.1) is 5.25 Å². The van der Waals surface area contributed by atoms with Gasteiger partial charge in [0.15, 0.2) is 5.78 Å². The monoisotopic (exact) mass is 274 g/mol. The predicted molar refractivity (Wildman–Crippen MR) is 61.8 cm³/mol. The van der Waals surface area contributed by atoms with Gasteiger partial charge in [0.25, 0.3) is 0 Å². The third-order valence-electron chi connectivity index (χ3n) is 2.65. The van der Waals surface area contributed by atoms with E-state index in [1.54, 1.807) is 6.92 Å². The lowest BCUT2D eigenvalue weighted by Gasteiger charge is -2.15. The molecule has 0 amide bonds. The van der Waals surface area contributed by atoms with Gasteiger partial charge in [-0.25, -0.2) is 0 Å². The number of Topliss-reactive ketones (excluding diaryl/α,β-unsaturated/α-hetero) is 1. The first-order valence-corrected chi connectivity index (χ1v) is 5.63. The lowest BCUT2D eigenvalue weighted by Crippen LogP contribution is -2.30. The number of thiol groups is 1. The molecule has 0 radical (unpaired) electrons. The van der Waals surface area contributed by atoms with Crippen molar-refractivity contribution in [3.63, 3.8) is 0 Å². The molecule has 1 atom stereocenters. The molecule has 96 valence electrons. The van der Waals surface area contributed by atoms with Crippen LogP contribution < -0.4 is 0 Å². The molecule has 0 aliphatic carbocycles. The highest BCUT2D eigenvalue weighted by Crippen LogP contribution is 2.52. The highest BCUT2D eigenvalue weighted by atomic mass is 32.1. The Kier molecular flexibility index (Phi) is 2.96. The quantitative estimate of drug-likeness (QED) is 0.666. The van der Waals surface area contributed by atoms with Gasteiger partial charge in [0.2, 0.25) is 0 Å². The van der Waals surface area contributed by atoms with Crippen LogP contribution in [0.1, 0.15) is 22.8 Å². The van der Waals surface area contributed by atoms with Crippen molar-refractivity contribution >= 4 is 18.4 Å². The number of hydrogen-bond acceptors (Lipinski definition) is 4. The van der Waals surface area contributed by atoms with Crippen LogP contribution in [0.4, 0.5) is 13.2 Å². The van der Waals surface area contributed by atoms with Crippen molar-refractivity contribution in [3.05, 3.63) is 35.4 Å². The summed E-state index contributed by atoms with van der Waals surface area (Å²) in [6.07, 6.45) is -4.55. The van der Waals surface area contributed by atoms with Gasteiger partial charge in [-0.15, -0.1) is 10.2 Å². The second-order valence-electron chi connectivity index (χ2n) is 3.99. The summed E-state index contributed by atoms with van der Waals surface area (Å²) in [6.45, 7) is 1.60. The maximum atomic E-state index is 12.7. The van der Waals surface area contributed by atoms with Crippen molar-refractivity contribution < 1.29 is 18.0 Å². The molecule has 1 aliphatic heterocycles. The minimum Gasteiger partial charge on any atom is -0.293 e. The largest absolute Gasteiger partial charge is 0.442 e. The fourth-order valence-corrected chi connectivity index (χ4v) is 1.70. The average Bonchev–Trinajstić information content (AvgIpc) is 3.08. The molecule has 0 aromatic heterocycles. The maximum absolute atomic E-state index is 12.7. The minimum atomic E-state index is -4.55. The number of halogens is 3. The Bertz CT molecular complexity index is 502. The van der Waals surface area contributed by atoms with Gasteiger partial charge in [0, 0.05) is 11.1 Å². The highest BCUT2D eigenvalue weighted by molar-refractivity contribution is 7.81. The lowest BCUT2D eigenvalue weighted by atomic mass is 9.99. The molecule has 2 rings (SSSR count). The molecule has 1 aliphatic rings. The first-order valence-electron chi connectivity index (χ1n) is 5.11. The number of alkyl halides is 3. The topological polar surface area (TPSA) is 41.8 Å². The zero-order valence-corrected chi connectivity index (χ0v) is 10.2. The van der Waals surface area contributed by atoms with E-state index in [1.807, 2.05) is 0 Å². The molecule has 1 aromatic rings. The Labute approximate surface area is 107 Å². The van der Waals surface area contributed by atoms with Crippen LogP contribution in [0.2, 0.25) is 0 Å². The number of benzene rings is 1. The summed E-state index contributed by atoms with van der Waals surface area (Å²) < 4.78 is 38.1. The van der Waals surface area contributed by atoms with Crippen LogP contribution in [-0.4, -0.2) is 17.2 Å². The van der Waals surface area contributed by atoms with Crippen molar-refractivity contribution in [1.29, 1.82) is 0 Å². The first kappa shape index (κ1) is 13.1. The number of hydrogen-bond donors (Lipinski definition) is 1. The van der Waals surface area contributed by atoms with Gasteiger partial charge in [0.1, 0.15) is 0 Å². The number of carbonyl (C=O) groups is 1. The van der Waals surface area contributed by atoms with Gasteiger partial charge in [-0.1, -0.05) is 24.3 Å². The zero-order valence-electron chi connectivity index (χ0n) is 9.27. The van der Waals surface area contributed by atoms with Gasteiger partial charge < -0.3 is 0 Å². The number of rotatable bonds is 3. The van der Waals surface area contributed by atoms with Crippen LogP contribution >= 0.6 is 12.6 Å². The molecule has 1 aromatic carbocycles. The van der Waals surface area contributed by atoms with Crippen LogP contribution in [-0.2, 0) is 5.66 Å². The predicted octanol–water partition coefficient (Wildman–Crippen LogP) is 3.37. The van der Waals surface area contributed by atoms with Crippen LogP contribution in [0.5, 0.6) is 0 Å². The Morgan fingerprint density at radius 1 is 1.28 bits per heavy atom. The Morgan fingerprint density at radius 2 is 1.78 bits per heavy atom. The lowest BCUT2D eigenvalue weighted by molar-refractivity contribution is -0.166. The smallest absolute Gasteiger partial charge is 0.293 e. The molecule has 0 fully saturated rings. The van der Waals surface area contributed by atoms with E-state index in [0.717, 1.165) is 0 Å². The van der Waals surface area contributed by atoms with Crippen LogP contribution in [0.3, 0.4) is 0 Å². The second kappa shape index (κ2) is 4.08. The molecule has 0 N–H and O–H groups in total. The molecular weight excluding hydrogens is 265 g/mol. The van der Waals surface area contributed by atoms with E-state index in [1.165, 1.54) is 24.3 Å². The standard InChI is InChI=1S/C11H9F3N2OS/c1-6(18)9(17)7-2-4-8(5-3-7)10(15-16-10)11(12,13)14/h2-6,18H,1H3. The van der Waals surface area contributed by atoms with Crippen molar-refractivity contribution in [3.8, 4) is 0 Å². The van der Waals surface area contributed by atoms with Crippen molar-refractivity contribution in [2.75, 3.05) is 0 Å². The molecule has 3 nitrogen and oxygen atoms in total. The van der Waals surface area contributed by atoms with E-state index < -0.39 is 17.1 Å². The zero-order chi connectivity index (χ0) is 13.6. The van der Waals surface area contributed by atoms with Crippen LogP contribution in [0, 0.1) is 0 Å². The molecule has 0 spiro atoms. The van der Waals surface area contributed by atoms with E-state index >= 15 is 0 Å². The molecular formula is C11H9F3N2OS. The maximum Gasteiger partial charge on any atom is 0.442 e. The SMILES string of the molecule is CC(S)C(=O)c1ccc(C2(C(F)(F)F)N=N2)cc1. The molecule has 7 heteroatoms. The summed E-state index contributed by atoms with van der Waals surface area (Å²) in [7, 11) is 0. The number of ketones is 1. The fourth-order valence-electron chi connectivity index (χ4n) is 1.55. The molecule has 0 saturated carbocycles. The Balaban J connectivity index is 2.27. The number of nitrogens with zero attached hydrogens (tertiary/aromatic N) is 2. The van der Waals surface area contributed by atoms with Gasteiger partial charge >= 0.3 is 11.8 Å². The summed E-state index contributed by atoms with van der Waals surface area (Å²) in [5.41, 5.74) is -2.20. The molecule has 1 heterocycles. The Morgan fingerprint density at radius 3 is 2.11 bits per heavy atom. The summed E-state index contributed by atoms with van der Waals surface area (Å²) in [5, 5.41) is 5.67.